The molecule has 0 amide bonds. The number of nitrogens with zero attached hydrogens (tertiary/aromatic N) is 1. The molecule has 2 aromatic rings. The molecule has 2 unspecified atom stereocenters. The van der Waals surface area contributed by atoms with Gasteiger partial charge in [-0.1, -0.05) is 17.7 Å². The Labute approximate surface area is 183 Å². The van der Waals surface area contributed by atoms with Crippen molar-refractivity contribution in [2.24, 2.45) is 0 Å². The second-order valence-corrected chi connectivity index (χ2v) is 9.83. The van der Waals surface area contributed by atoms with Crippen LogP contribution in [-0.4, -0.2) is 54.5 Å². The summed E-state index contributed by atoms with van der Waals surface area (Å²) < 4.78 is 43.5. The number of phosphoric acid groups is 2. The van der Waals surface area contributed by atoms with Gasteiger partial charge in [0.2, 0.25) is 0 Å². The quantitative estimate of drug-likeness (QED) is 0.298. The Balaban J connectivity index is 1.63. The van der Waals surface area contributed by atoms with E-state index >= 15 is 0 Å². The van der Waals surface area contributed by atoms with Crippen LogP contribution in [-0.2, 0) is 22.7 Å². The van der Waals surface area contributed by atoms with Crippen LogP contribution in [0.1, 0.15) is 6.23 Å². The predicted octanol–water partition coefficient (Wildman–Crippen LogP) is 0.122. The van der Waals surface area contributed by atoms with Crippen molar-refractivity contribution in [3.8, 4) is 5.75 Å². The molecule has 1 aromatic heterocycles. The summed E-state index contributed by atoms with van der Waals surface area (Å²) in [6.07, 6.45) is -5.27. The average Bonchev–Trinajstić information content (AvgIpc) is 2.93. The molecule has 0 aliphatic carbocycles. The Kier molecular flexibility index (Phi) is 7.42. The van der Waals surface area contributed by atoms with Crippen LogP contribution in [0.3, 0.4) is 0 Å². The summed E-state index contributed by atoms with van der Waals surface area (Å²) in [7, 11) is -10.4. The maximum atomic E-state index is 12.1. The average molecular weight is 515 g/mol. The van der Waals surface area contributed by atoms with Crippen molar-refractivity contribution >= 4 is 27.2 Å². The van der Waals surface area contributed by atoms with E-state index in [1.54, 1.807) is 0 Å². The van der Waals surface area contributed by atoms with Gasteiger partial charge < -0.3 is 24.4 Å². The third-order valence-electron chi connectivity index (χ3n) is 4.09. The molecule has 0 spiro atoms. The Morgan fingerprint density at radius 2 is 1.84 bits per heavy atom. The fourth-order valence-electron chi connectivity index (χ4n) is 2.72. The number of aliphatic hydroxyl groups is 2. The summed E-state index contributed by atoms with van der Waals surface area (Å²) in [5.41, 5.74) is -1.64. The van der Waals surface area contributed by atoms with Gasteiger partial charge in [-0.25, -0.2) is 13.9 Å². The van der Waals surface area contributed by atoms with Crippen LogP contribution in [0.4, 0.5) is 0 Å². The minimum absolute atomic E-state index is 0.160. The van der Waals surface area contributed by atoms with Crippen molar-refractivity contribution in [3.05, 3.63) is 62.4 Å². The van der Waals surface area contributed by atoms with Crippen LogP contribution < -0.4 is 15.8 Å². The van der Waals surface area contributed by atoms with E-state index in [-0.39, 0.29) is 10.8 Å². The van der Waals surface area contributed by atoms with Crippen LogP contribution in [0.15, 0.2) is 46.1 Å². The highest BCUT2D eigenvalue weighted by atomic mass is 35.5. The number of hydrogen-bond acceptors (Lipinski definition) is 10. The largest absolute Gasteiger partial charge is 0.536 e. The normalized spacial score (nSPS) is 26.9. The molecule has 176 valence electrons. The summed E-state index contributed by atoms with van der Waals surface area (Å²) in [6, 6.07) is 6.21. The van der Waals surface area contributed by atoms with E-state index in [0.717, 1.165) is 22.9 Å². The molecule has 1 aromatic carbocycles. The first-order chi connectivity index (χ1) is 14.9. The van der Waals surface area contributed by atoms with E-state index in [0.29, 0.717) is 0 Å². The van der Waals surface area contributed by atoms with Crippen LogP contribution in [0.5, 0.6) is 5.75 Å². The fourth-order valence-corrected chi connectivity index (χ4v) is 4.98. The Morgan fingerprint density at radius 3 is 2.50 bits per heavy atom. The number of phosphoric ester groups is 2. The third kappa shape index (κ3) is 6.15. The molecule has 6 atom stereocenters. The second-order valence-electron chi connectivity index (χ2n) is 6.43. The lowest BCUT2D eigenvalue weighted by atomic mass is 10.1. The standard InChI is InChI=1S/C15H17ClN2O12P2/c16-8-2-1-3-9(6-8)29-32(25,26)30-31(23,24)27-7-10-12(20)13(21)14(28-10)18-5-4-11(19)17-15(18)22/h1-6,10,12-14,20-21H,7H2,(H,23,24)(H,25,26)(H,17,19,22)/t10-,12-,13-,14-/m1/s1. The molecule has 17 heteroatoms. The van der Waals surface area contributed by atoms with Gasteiger partial charge in [0.05, 0.1) is 6.61 Å². The van der Waals surface area contributed by atoms with Crippen LogP contribution in [0.2, 0.25) is 5.02 Å². The first-order valence-corrected chi connectivity index (χ1v) is 12.0. The van der Waals surface area contributed by atoms with E-state index in [1.807, 2.05) is 4.98 Å². The molecule has 0 saturated carbocycles. The van der Waals surface area contributed by atoms with Crippen LogP contribution in [0.25, 0.3) is 0 Å². The Bertz CT molecular complexity index is 1190. The monoisotopic (exact) mass is 514 g/mol. The molecular weight excluding hydrogens is 498 g/mol. The number of nitrogens with one attached hydrogen (secondary N) is 1. The highest BCUT2D eigenvalue weighted by Gasteiger charge is 2.46. The number of ether oxygens (including phenoxy) is 1. The first-order valence-electron chi connectivity index (χ1n) is 8.66. The number of aliphatic hydroxyl groups excluding tert-OH is 2. The Hall–Kier alpha value is -1.83. The molecule has 5 N–H and O–H groups in total. The molecule has 32 heavy (non-hydrogen) atoms. The van der Waals surface area contributed by atoms with Gasteiger partial charge in [0.1, 0.15) is 24.1 Å². The fraction of sp³-hybridized carbons (Fsp3) is 0.333. The molecule has 14 nitrogen and oxygen atoms in total. The zero-order valence-corrected chi connectivity index (χ0v) is 18.3. The van der Waals surface area contributed by atoms with Crippen molar-refractivity contribution < 1.29 is 47.2 Å². The minimum atomic E-state index is -5.23. The van der Waals surface area contributed by atoms with Crippen LogP contribution >= 0.6 is 27.2 Å². The van der Waals surface area contributed by atoms with Gasteiger partial charge in [0.25, 0.3) is 5.56 Å². The van der Waals surface area contributed by atoms with Gasteiger partial charge in [-0.05, 0) is 18.2 Å². The summed E-state index contributed by atoms with van der Waals surface area (Å²) >= 11 is 5.71. The number of H-pyrrole nitrogens is 1. The highest BCUT2D eigenvalue weighted by molar-refractivity contribution is 7.61. The van der Waals surface area contributed by atoms with E-state index in [4.69, 9.17) is 16.3 Å². The van der Waals surface area contributed by atoms with E-state index in [9.17, 15) is 38.7 Å². The van der Waals surface area contributed by atoms with E-state index < -0.39 is 58.0 Å². The van der Waals surface area contributed by atoms with Gasteiger partial charge in [0.15, 0.2) is 6.23 Å². The molecule has 1 aliphatic rings. The van der Waals surface area contributed by atoms with Gasteiger partial charge in [-0.3, -0.25) is 23.8 Å². The number of benzene rings is 1. The summed E-state index contributed by atoms with van der Waals surface area (Å²) in [5.74, 6) is -0.227. The zero-order valence-electron chi connectivity index (χ0n) is 15.8. The maximum Gasteiger partial charge on any atom is 0.536 e. The van der Waals surface area contributed by atoms with E-state index in [1.165, 1.54) is 18.2 Å². The van der Waals surface area contributed by atoms with E-state index in [2.05, 4.69) is 13.4 Å². The topological polar surface area (TPSA) is 207 Å². The molecule has 1 aliphatic heterocycles. The third-order valence-corrected chi connectivity index (χ3v) is 6.89. The van der Waals surface area contributed by atoms with Gasteiger partial charge >= 0.3 is 21.3 Å². The van der Waals surface area contributed by atoms with Crippen molar-refractivity contribution in [1.29, 1.82) is 0 Å². The zero-order chi connectivity index (χ0) is 23.7. The summed E-state index contributed by atoms with van der Waals surface area (Å²) in [4.78, 5) is 44.4. The number of aromatic nitrogens is 2. The predicted molar refractivity (Wildman–Crippen MR) is 106 cm³/mol. The number of rotatable bonds is 8. The van der Waals surface area contributed by atoms with Gasteiger partial charge in [-0.15, -0.1) is 0 Å². The highest BCUT2D eigenvalue weighted by Crippen LogP contribution is 2.60. The second kappa shape index (κ2) is 9.57. The van der Waals surface area contributed by atoms with Crippen LogP contribution in [0, 0.1) is 0 Å². The van der Waals surface area contributed by atoms with Crippen molar-refractivity contribution in [2.75, 3.05) is 6.61 Å². The summed E-state index contributed by atoms with van der Waals surface area (Å²) in [6.45, 7) is -0.891. The molecule has 3 rings (SSSR count). The smallest absolute Gasteiger partial charge is 0.404 e. The minimum Gasteiger partial charge on any atom is -0.404 e. The maximum absolute atomic E-state index is 12.1. The van der Waals surface area contributed by atoms with Crippen molar-refractivity contribution in [3.63, 3.8) is 0 Å². The lowest BCUT2D eigenvalue weighted by molar-refractivity contribution is -0.0542. The molecule has 1 saturated heterocycles. The van der Waals surface area contributed by atoms with Gasteiger partial charge in [0, 0.05) is 17.3 Å². The lowest BCUT2D eigenvalue weighted by Crippen LogP contribution is -2.37. The summed E-state index contributed by atoms with van der Waals surface area (Å²) in [5, 5.41) is 20.4. The van der Waals surface area contributed by atoms with Crippen molar-refractivity contribution in [1.82, 2.24) is 9.55 Å². The lowest BCUT2D eigenvalue weighted by Gasteiger charge is -2.19. The number of aromatic amines is 1. The SMILES string of the molecule is O=c1ccn([C@@H]2O[C@H](COP(=O)(O)OP(=O)(O)Oc3cccc(Cl)c3)[C@@H](O)[C@H]2O)c(=O)[nH]1. The molecule has 0 bridgehead atoms. The van der Waals surface area contributed by atoms with Crippen molar-refractivity contribution in [2.45, 2.75) is 24.5 Å². The van der Waals surface area contributed by atoms with Gasteiger partial charge in [-0.2, -0.15) is 4.31 Å². The molecule has 1 fully saturated rings. The Morgan fingerprint density at radius 1 is 1.12 bits per heavy atom. The number of halogens is 1. The molecule has 2 heterocycles. The number of hydrogen-bond donors (Lipinski definition) is 5. The molecule has 0 radical (unpaired) electrons. The first kappa shape index (κ1) is 24.8. The molecular formula is C15H17ClN2O12P2.